The average Bonchev–Trinajstić information content (AvgIpc) is 2.42. The molecule has 0 aromatic heterocycles. The molecule has 110 valence electrons. The minimum absolute atomic E-state index is 0.0853. The number of aromatic hydroxyl groups is 1. The predicted molar refractivity (Wildman–Crippen MR) is 65.2 cm³/mol. The number of phenolic OH excluding ortho intramolecular Hbond substituents is 1. The molecule has 1 aromatic rings. The van der Waals surface area contributed by atoms with Crippen molar-refractivity contribution in [1.82, 2.24) is 0 Å². The van der Waals surface area contributed by atoms with Gasteiger partial charge in [0, 0.05) is 13.2 Å². The van der Waals surface area contributed by atoms with E-state index in [9.17, 15) is 20.0 Å². The summed E-state index contributed by atoms with van der Waals surface area (Å²) in [4.78, 5) is 21.6. The molecule has 0 atom stereocenters. The van der Waals surface area contributed by atoms with Gasteiger partial charge in [-0.25, -0.2) is 4.79 Å². The molecule has 0 spiro atoms. The number of nitrogens with zero attached hydrogens (tertiary/aromatic N) is 1. The summed E-state index contributed by atoms with van der Waals surface area (Å²) < 4.78 is 19.0. The first-order chi connectivity index (χ1) is 9.47. The van der Waals surface area contributed by atoms with Crippen LogP contribution in [0, 0.1) is 10.1 Å². The Labute approximate surface area is 113 Å². The quantitative estimate of drug-likeness (QED) is 0.357. The summed E-state index contributed by atoms with van der Waals surface area (Å²) >= 11 is 0. The SMILES string of the molecule is COCOc1cc(C(=O)OC)c([N+](=O)[O-])c(O)c1OC. The van der Waals surface area contributed by atoms with Crippen molar-refractivity contribution in [3.05, 3.63) is 21.7 Å². The standard InChI is InChI=1S/C11H13NO8/c1-17-5-20-7-4-6(11(14)19-3)8(12(15)16)9(13)10(7)18-2/h4,13H,5H2,1-3H3. The number of methoxy groups -OCH3 is 3. The van der Waals surface area contributed by atoms with Crippen molar-refractivity contribution in [2.45, 2.75) is 0 Å². The minimum Gasteiger partial charge on any atom is -0.499 e. The molecule has 0 aliphatic heterocycles. The molecule has 1 N–H and O–H groups in total. The van der Waals surface area contributed by atoms with Gasteiger partial charge in [0.15, 0.2) is 12.5 Å². The molecule has 0 aliphatic carbocycles. The number of ether oxygens (including phenoxy) is 4. The molecule has 9 heteroatoms. The van der Waals surface area contributed by atoms with Crippen molar-refractivity contribution in [2.75, 3.05) is 28.1 Å². The highest BCUT2D eigenvalue weighted by atomic mass is 16.7. The third-order valence-electron chi connectivity index (χ3n) is 2.32. The van der Waals surface area contributed by atoms with Gasteiger partial charge in [-0.15, -0.1) is 0 Å². The first-order valence-corrected chi connectivity index (χ1v) is 5.26. The highest BCUT2D eigenvalue weighted by Gasteiger charge is 2.32. The van der Waals surface area contributed by atoms with E-state index in [2.05, 4.69) is 9.47 Å². The highest BCUT2D eigenvalue weighted by Crippen LogP contribution is 2.45. The first kappa shape index (κ1) is 15.5. The van der Waals surface area contributed by atoms with Gasteiger partial charge in [0.25, 0.3) is 0 Å². The third-order valence-corrected chi connectivity index (χ3v) is 2.32. The van der Waals surface area contributed by atoms with E-state index in [0.29, 0.717) is 0 Å². The number of nitro groups is 1. The number of hydrogen-bond donors (Lipinski definition) is 1. The lowest BCUT2D eigenvalue weighted by atomic mass is 10.1. The van der Waals surface area contributed by atoms with Gasteiger partial charge in [-0.3, -0.25) is 10.1 Å². The van der Waals surface area contributed by atoms with Gasteiger partial charge in [-0.2, -0.15) is 0 Å². The van der Waals surface area contributed by atoms with Crippen LogP contribution in [0.1, 0.15) is 10.4 Å². The van der Waals surface area contributed by atoms with Crippen molar-refractivity contribution < 1.29 is 33.8 Å². The van der Waals surface area contributed by atoms with Crippen LogP contribution in [0.25, 0.3) is 0 Å². The Morgan fingerprint density at radius 1 is 1.40 bits per heavy atom. The number of carbonyl (C=O) groups is 1. The Hall–Kier alpha value is -2.55. The van der Waals surface area contributed by atoms with Crippen LogP contribution < -0.4 is 9.47 Å². The Morgan fingerprint density at radius 3 is 2.50 bits per heavy atom. The van der Waals surface area contributed by atoms with Gasteiger partial charge >= 0.3 is 11.7 Å². The van der Waals surface area contributed by atoms with E-state index < -0.39 is 27.9 Å². The number of benzene rings is 1. The monoisotopic (exact) mass is 287 g/mol. The molecule has 0 unspecified atom stereocenters. The average molecular weight is 287 g/mol. The number of carbonyl (C=O) groups excluding carboxylic acids is 1. The second-order valence-corrected chi connectivity index (χ2v) is 3.45. The molecule has 1 aromatic carbocycles. The number of rotatable bonds is 6. The summed E-state index contributed by atoms with van der Waals surface area (Å²) in [6.45, 7) is -0.200. The van der Waals surface area contributed by atoms with Crippen molar-refractivity contribution in [3.63, 3.8) is 0 Å². The lowest BCUT2D eigenvalue weighted by Crippen LogP contribution is -2.09. The fourth-order valence-electron chi connectivity index (χ4n) is 1.49. The molecular formula is C11H13NO8. The molecule has 9 nitrogen and oxygen atoms in total. The molecule has 0 radical (unpaired) electrons. The van der Waals surface area contributed by atoms with Crippen LogP contribution in [0.2, 0.25) is 0 Å². The molecule has 0 saturated heterocycles. The number of nitro benzene ring substituents is 1. The molecule has 0 bridgehead atoms. The summed E-state index contributed by atoms with van der Waals surface area (Å²) in [7, 11) is 3.61. The summed E-state index contributed by atoms with van der Waals surface area (Å²) in [5.74, 6) is -2.18. The zero-order valence-electron chi connectivity index (χ0n) is 11.0. The fraction of sp³-hybridized carbons (Fsp3) is 0.364. The second-order valence-electron chi connectivity index (χ2n) is 3.45. The maximum Gasteiger partial charge on any atom is 0.345 e. The van der Waals surface area contributed by atoms with Crippen LogP contribution in [-0.4, -0.2) is 44.1 Å². The van der Waals surface area contributed by atoms with Crippen molar-refractivity contribution >= 4 is 11.7 Å². The first-order valence-electron chi connectivity index (χ1n) is 5.26. The smallest absolute Gasteiger partial charge is 0.345 e. The van der Waals surface area contributed by atoms with E-state index >= 15 is 0 Å². The van der Waals surface area contributed by atoms with E-state index in [1.807, 2.05) is 0 Å². The van der Waals surface area contributed by atoms with Gasteiger partial charge in [0.1, 0.15) is 5.56 Å². The lowest BCUT2D eigenvalue weighted by Gasteiger charge is -2.13. The maximum absolute atomic E-state index is 11.6. The zero-order valence-corrected chi connectivity index (χ0v) is 11.0. The molecular weight excluding hydrogens is 274 g/mol. The largest absolute Gasteiger partial charge is 0.499 e. The summed E-state index contributed by atoms with van der Waals surface area (Å²) in [6, 6.07) is 1.04. The highest BCUT2D eigenvalue weighted by molar-refractivity contribution is 5.96. The molecule has 0 saturated carbocycles. The normalized spacial score (nSPS) is 9.95. The Bertz CT molecular complexity index is 528. The molecule has 0 amide bonds. The van der Waals surface area contributed by atoms with Gasteiger partial charge in [0.05, 0.1) is 19.1 Å². The molecule has 20 heavy (non-hydrogen) atoms. The summed E-state index contributed by atoms with van der Waals surface area (Å²) in [5, 5.41) is 20.8. The van der Waals surface area contributed by atoms with Gasteiger partial charge in [-0.1, -0.05) is 0 Å². The van der Waals surface area contributed by atoms with Crippen molar-refractivity contribution in [1.29, 1.82) is 0 Å². The van der Waals surface area contributed by atoms with Crippen LogP contribution in [0.15, 0.2) is 6.07 Å². The number of esters is 1. The molecule has 0 fully saturated rings. The van der Waals surface area contributed by atoms with Crippen LogP contribution in [-0.2, 0) is 9.47 Å². The minimum atomic E-state index is -0.989. The Morgan fingerprint density at radius 2 is 2.05 bits per heavy atom. The van der Waals surface area contributed by atoms with Crippen LogP contribution in [0.5, 0.6) is 17.2 Å². The fourth-order valence-corrected chi connectivity index (χ4v) is 1.49. The van der Waals surface area contributed by atoms with E-state index in [-0.39, 0.29) is 18.3 Å². The Kier molecular flexibility index (Phi) is 5.09. The number of phenols is 1. The van der Waals surface area contributed by atoms with E-state index in [4.69, 9.17) is 9.47 Å². The van der Waals surface area contributed by atoms with Crippen LogP contribution in [0.4, 0.5) is 5.69 Å². The van der Waals surface area contributed by atoms with Gasteiger partial charge < -0.3 is 24.1 Å². The van der Waals surface area contributed by atoms with E-state index in [1.165, 1.54) is 14.2 Å². The summed E-state index contributed by atoms with van der Waals surface area (Å²) in [6.07, 6.45) is 0. The third kappa shape index (κ3) is 2.88. The van der Waals surface area contributed by atoms with Crippen LogP contribution >= 0.6 is 0 Å². The molecule has 0 heterocycles. The predicted octanol–water partition coefficient (Wildman–Crippen LogP) is 1.08. The topological polar surface area (TPSA) is 117 Å². The Balaban J connectivity index is 3.52. The maximum atomic E-state index is 11.6. The molecule has 1 rings (SSSR count). The molecule has 0 aliphatic rings. The number of hydrogen-bond acceptors (Lipinski definition) is 8. The zero-order chi connectivity index (χ0) is 15.3. The van der Waals surface area contributed by atoms with Crippen molar-refractivity contribution in [2.24, 2.45) is 0 Å². The van der Waals surface area contributed by atoms with Crippen molar-refractivity contribution in [3.8, 4) is 17.2 Å². The van der Waals surface area contributed by atoms with E-state index in [0.717, 1.165) is 13.2 Å². The van der Waals surface area contributed by atoms with Gasteiger partial charge in [0.2, 0.25) is 11.5 Å². The summed E-state index contributed by atoms with van der Waals surface area (Å²) in [5.41, 5.74) is -1.28. The van der Waals surface area contributed by atoms with E-state index in [1.54, 1.807) is 0 Å². The second kappa shape index (κ2) is 6.57. The van der Waals surface area contributed by atoms with Gasteiger partial charge in [-0.05, 0) is 0 Å². The van der Waals surface area contributed by atoms with Crippen LogP contribution in [0.3, 0.4) is 0 Å². The lowest BCUT2D eigenvalue weighted by molar-refractivity contribution is -0.386.